The molecule has 0 aliphatic carbocycles. The van der Waals surface area contributed by atoms with Crippen LogP contribution in [0.2, 0.25) is 0 Å². The third kappa shape index (κ3) is 2.87. The molecule has 1 heterocycles. The summed E-state index contributed by atoms with van der Waals surface area (Å²) in [6.45, 7) is 2.36. The Morgan fingerprint density at radius 2 is 2.62 bits per heavy atom. The zero-order valence-corrected chi connectivity index (χ0v) is 7.70. The summed E-state index contributed by atoms with van der Waals surface area (Å²) in [7, 11) is 1.37. The van der Waals surface area contributed by atoms with Gasteiger partial charge in [-0.3, -0.25) is 9.89 Å². The van der Waals surface area contributed by atoms with Gasteiger partial charge in [0.15, 0.2) is 0 Å². The maximum absolute atomic E-state index is 11.0. The molecule has 0 saturated heterocycles. The number of nitrogens with one attached hydrogen (secondary N) is 2. The molecule has 0 aromatic carbocycles. The number of aromatic nitrogens is 2. The average molecular weight is 183 g/mol. The number of hydrogen-bond donors (Lipinski definition) is 2. The number of esters is 1. The molecule has 0 saturated carbocycles. The van der Waals surface area contributed by atoms with Crippen LogP contribution in [0.3, 0.4) is 0 Å². The Balaban J connectivity index is 2.30. The van der Waals surface area contributed by atoms with E-state index in [-0.39, 0.29) is 12.0 Å². The number of nitrogens with zero attached hydrogens (tertiary/aromatic N) is 1. The molecule has 72 valence electrons. The van der Waals surface area contributed by atoms with E-state index in [4.69, 9.17) is 0 Å². The maximum atomic E-state index is 11.0. The van der Waals surface area contributed by atoms with E-state index in [1.807, 2.05) is 0 Å². The number of H-pyrrole nitrogens is 1. The monoisotopic (exact) mass is 183 g/mol. The van der Waals surface area contributed by atoms with E-state index >= 15 is 0 Å². The minimum Gasteiger partial charge on any atom is -0.468 e. The van der Waals surface area contributed by atoms with Gasteiger partial charge in [-0.05, 0) is 6.92 Å². The smallest absolute Gasteiger partial charge is 0.322 e. The van der Waals surface area contributed by atoms with Crippen molar-refractivity contribution >= 4 is 5.97 Å². The molecule has 1 aromatic heterocycles. The van der Waals surface area contributed by atoms with Crippen molar-refractivity contribution in [3.05, 3.63) is 18.0 Å². The maximum Gasteiger partial charge on any atom is 0.322 e. The Hall–Kier alpha value is -1.36. The van der Waals surface area contributed by atoms with E-state index in [0.29, 0.717) is 6.54 Å². The quantitative estimate of drug-likeness (QED) is 0.648. The highest BCUT2D eigenvalue weighted by Gasteiger charge is 2.11. The SMILES string of the molecule is COC(=O)C(C)NCc1cn[nH]c1. The van der Waals surface area contributed by atoms with Crippen LogP contribution in [-0.2, 0) is 16.1 Å². The summed E-state index contributed by atoms with van der Waals surface area (Å²) in [6.07, 6.45) is 3.48. The van der Waals surface area contributed by atoms with Crippen molar-refractivity contribution in [2.75, 3.05) is 7.11 Å². The van der Waals surface area contributed by atoms with Gasteiger partial charge >= 0.3 is 5.97 Å². The van der Waals surface area contributed by atoms with Crippen LogP contribution in [-0.4, -0.2) is 29.3 Å². The Bertz CT molecular complexity index is 258. The zero-order chi connectivity index (χ0) is 9.68. The molecular weight excluding hydrogens is 170 g/mol. The predicted molar refractivity (Wildman–Crippen MR) is 46.9 cm³/mol. The number of carbonyl (C=O) groups excluding carboxylic acids is 1. The lowest BCUT2D eigenvalue weighted by Gasteiger charge is -2.09. The van der Waals surface area contributed by atoms with Crippen LogP contribution in [0.15, 0.2) is 12.4 Å². The molecule has 0 fully saturated rings. The molecule has 5 heteroatoms. The molecule has 0 radical (unpaired) electrons. The molecule has 0 bridgehead atoms. The molecule has 13 heavy (non-hydrogen) atoms. The average Bonchev–Trinajstić information content (AvgIpc) is 2.65. The summed E-state index contributed by atoms with van der Waals surface area (Å²) in [6, 6.07) is -0.292. The first-order valence-electron chi connectivity index (χ1n) is 4.03. The standard InChI is InChI=1S/C8H13N3O2/c1-6(8(12)13-2)9-3-7-4-10-11-5-7/h4-6,9H,3H2,1-2H3,(H,10,11). The molecule has 0 amide bonds. The Labute approximate surface area is 76.5 Å². The van der Waals surface area contributed by atoms with Crippen molar-refractivity contribution in [3.8, 4) is 0 Å². The summed E-state index contributed by atoms with van der Waals surface area (Å²) in [5.74, 6) is -0.261. The van der Waals surface area contributed by atoms with Crippen LogP contribution in [0.25, 0.3) is 0 Å². The van der Waals surface area contributed by atoms with E-state index in [0.717, 1.165) is 5.56 Å². The van der Waals surface area contributed by atoms with E-state index in [2.05, 4.69) is 20.3 Å². The summed E-state index contributed by atoms with van der Waals surface area (Å²) in [5, 5.41) is 9.48. The molecule has 1 aromatic rings. The van der Waals surface area contributed by atoms with Crippen LogP contribution in [0, 0.1) is 0 Å². The summed E-state index contributed by atoms with van der Waals surface area (Å²) < 4.78 is 4.56. The molecule has 2 N–H and O–H groups in total. The van der Waals surface area contributed by atoms with Gasteiger partial charge in [0.25, 0.3) is 0 Å². The van der Waals surface area contributed by atoms with Gasteiger partial charge in [0.2, 0.25) is 0 Å². The summed E-state index contributed by atoms with van der Waals surface area (Å²) in [5.41, 5.74) is 1.01. The fraction of sp³-hybridized carbons (Fsp3) is 0.500. The first kappa shape index (κ1) is 9.73. The first-order chi connectivity index (χ1) is 6.24. The van der Waals surface area contributed by atoms with Crippen molar-refractivity contribution < 1.29 is 9.53 Å². The Morgan fingerprint density at radius 1 is 1.85 bits per heavy atom. The highest BCUT2D eigenvalue weighted by atomic mass is 16.5. The fourth-order valence-electron chi connectivity index (χ4n) is 0.905. The number of rotatable bonds is 4. The van der Waals surface area contributed by atoms with Gasteiger partial charge < -0.3 is 10.1 Å². The molecule has 5 nitrogen and oxygen atoms in total. The molecule has 1 rings (SSSR count). The van der Waals surface area contributed by atoms with Crippen molar-refractivity contribution in [2.24, 2.45) is 0 Å². The minimum atomic E-state index is -0.292. The van der Waals surface area contributed by atoms with Crippen LogP contribution < -0.4 is 5.32 Å². The van der Waals surface area contributed by atoms with E-state index < -0.39 is 0 Å². The normalized spacial score (nSPS) is 12.5. The van der Waals surface area contributed by atoms with E-state index in [1.165, 1.54) is 7.11 Å². The lowest BCUT2D eigenvalue weighted by Crippen LogP contribution is -2.34. The van der Waals surface area contributed by atoms with Crippen molar-refractivity contribution in [3.63, 3.8) is 0 Å². The number of aromatic amines is 1. The lowest BCUT2D eigenvalue weighted by molar-refractivity contribution is -0.142. The Morgan fingerprint density at radius 3 is 3.15 bits per heavy atom. The Kier molecular flexibility index (Phi) is 3.45. The second kappa shape index (κ2) is 4.61. The van der Waals surface area contributed by atoms with Crippen molar-refractivity contribution in [1.82, 2.24) is 15.5 Å². The second-order valence-corrected chi connectivity index (χ2v) is 2.73. The molecule has 0 spiro atoms. The number of hydrogen-bond acceptors (Lipinski definition) is 4. The molecular formula is C8H13N3O2. The lowest BCUT2D eigenvalue weighted by atomic mass is 10.3. The topological polar surface area (TPSA) is 67.0 Å². The molecule has 0 aliphatic rings. The van der Waals surface area contributed by atoms with Crippen molar-refractivity contribution in [2.45, 2.75) is 19.5 Å². The minimum absolute atomic E-state index is 0.261. The van der Waals surface area contributed by atoms with Crippen LogP contribution in [0.1, 0.15) is 12.5 Å². The highest BCUT2D eigenvalue weighted by molar-refractivity contribution is 5.75. The first-order valence-corrected chi connectivity index (χ1v) is 4.03. The number of ether oxygens (including phenoxy) is 1. The summed E-state index contributed by atoms with van der Waals surface area (Å²) in [4.78, 5) is 11.0. The van der Waals surface area contributed by atoms with Crippen LogP contribution >= 0.6 is 0 Å². The van der Waals surface area contributed by atoms with Gasteiger partial charge in [-0.2, -0.15) is 5.10 Å². The number of carbonyl (C=O) groups is 1. The fourth-order valence-corrected chi connectivity index (χ4v) is 0.905. The van der Waals surface area contributed by atoms with E-state index in [1.54, 1.807) is 19.3 Å². The third-order valence-electron chi connectivity index (χ3n) is 1.72. The predicted octanol–water partition coefficient (Wildman–Crippen LogP) is 0.0608. The van der Waals surface area contributed by atoms with Crippen LogP contribution in [0.4, 0.5) is 0 Å². The summed E-state index contributed by atoms with van der Waals surface area (Å²) >= 11 is 0. The molecule has 1 unspecified atom stereocenters. The largest absolute Gasteiger partial charge is 0.468 e. The second-order valence-electron chi connectivity index (χ2n) is 2.73. The zero-order valence-electron chi connectivity index (χ0n) is 7.70. The van der Waals surface area contributed by atoms with Gasteiger partial charge in [-0.1, -0.05) is 0 Å². The van der Waals surface area contributed by atoms with Gasteiger partial charge in [0.1, 0.15) is 6.04 Å². The van der Waals surface area contributed by atoms with Gasteiger partial charge in [0.05, 0.1) is 13.3 Å². The van der Waals surface area contributed by atoms with Gasteiger partial charge in [0, 0.05) is 18.3 Å². The molecule has 1 atom stereocenters. The van der Waals surface area contributed by atoms with Gasteiger partial charge in [-0.25, -0.2) is 0 Å². The number of methoxy groups -OCH3 is 1. The van der Waals surface area contributed by atoms with Crippen LogP contribution in [0.5, 0.6) is 0 Å². The van der Waals surface area contributed by atoms with E-state index in [9.17, 15) is 4.79 Å². The third-order valence-corrected chi connectivity index (χ3v) is 1.72. The highest BCUT2D eigenvalue weighted by Crippen LogP contribution is 1.94. The molecule has 0 aliphatic heterocycles. The van der Waals surface area contributed by atoms with Crippen molar-refractivity contribution in [1.29, 1.82) is 0 Å². The van der Waals surface area contributed by atoms with Gasteiger partial charge in [-0.15, -0.1) is 0 Å².